The van der Waals surface area contributed by atoms with Crippen molar-refractivity contribution in [2.24, 2.45) is 0 Å². The normalized spacial score (nSPS) is 10.4. The Kier molecular flexibility index (Phi) is 4.86. The molecule has 0 radical (unpaired) electrons. The fourth-order valence-corrected chi connectivity index (χ4v) is 1.90. The second-order valence-electron chi connectivity index (χ2n) is 4.49. The molecule has 2 rings (SSSR count). The molecule has 21 heavy (non-hydrogen) atoms. The van der Waals surface area contributed by atoms with Gasteiger partial charge in [-0.2, -0.15) is 15.0 Å². The number of ether oxygens (including phenoxy) is 1. The lowest BCUT2D eigenvalue weighted by atomic mass is 10.3. The fraction of sp³-hybridized carbons (Fsp3) is 0.429. The van der Waals surface area contributed by atoms with E-state index in [4.69, 9.17) is 10.5 Å². The summed E-state index contributed by atoms with van der Waals surface area (Å²) >= 11 is 0. The number of hydrogen-bond donors (Lipinski definition) is 1. The molecular weight excluding hydrogens is 268 g/mol. The van der Waals surface area contributed by atoms with E-state index in [1.165, 1.54) is 0 Å². The molecule has 0 aromatic carbocycles. The molecular formula is C14H20N6O. The highest BCUT2D eigenvalue weighted by molar-refractivity contribution is 5.36. The first kappa shape index (κ1) is 15.0. The summed E-state index contributed by atoms with van der Waals surface area (Å²) in [4.78, 5) is 18.9. The second-order valence-corrected chi connectivity index (χ2v) is 4.49. The monoisotopic (exact) mass is 288 g/mol. The van der Waals surface area contributed by atoms with Gasteiger partial charge in [-0.25, -0.2) is 0 Å². The molecule has 0 aliphatic rings. The topological polar surface area (TPSA) is 90.0 Å². The summed E-state index contributed by atoms with van der Waals surface area (Å²) in [5.74, 6) is 0.649. The van der Waals surface area contributed by atoms with Gasteiger partial charge in [-0.15, -0.1) is 0 Å². The number of nitrogens with zero attached hydrogens (tertiary/aromatic N) is 5. The quantitative estimate of drug-likeness (QED) is 0.863. The molecule has 2 N–H and O–H groups in total. The van der Waals surface area contributed by atoms with Crippen LogP contribution >= 0.6 is 0 Å². The van der Waals surface area contributed by atoms with Crippen LogP contribution in [0.25, 0.3) is 0 Å². The molecule has 0 spiro atoms. The maximum Gasteiger partial charge on any atom is 0.323 e. The minimum atomic E-state index is 0.152. The van der Waals surface area contributed by atoms with Gasteiger partial charge in [0.15, 0.2) is 0 Å². The van der Waals surface area contributed by atoms with Crippen molar-refractivity contribution in [3.05, 3.63) is 29.6 Å². The molecule has 7 nitrogen and oxygen atoms in total. The van der Waals surface area contributed by atoms with Gasteiger partial charge >= 0.3 is 6.01 Å². The van der Waals surface area contributed by atoms with E-state index in [0.29, 0.717) is 19.1 Å². The molecule has 0 aliphatic carbocycles. The summed E-state index contributed by atoms with van der Waals surface area (Å²) in [6.07, 6.45) is 0. The van der Waals surface area contributed by atoms with Crippen molar-refractivity contribution >= 4 is 11.9 Å². The molecule has 112 valence electrons. The van der Waals surface area contributed by atoms with Crippen LogP contribution in [0, 0.1) is 6.92 Å². The Morgan fingerprint density at radius 1 is 1.14 bits per heavy atom. The molecule has 2 aromatic rings. The van der Waals surface area contributed by atoms with Gasteiger partial charge in [0, 0.05) is 12.2 Å². The molecule has 2 aromatic heterocycles. The summed E-state index contributed by atoms with van der Waals surface area (Å²) in [6.45, 7) is 7.67. The van der Waals surface area contributed by atoms with Crippen molar-refractivity contribution in [2.45, 2.75) is 27.3 Å². The zero-order chi connectivity index (χ0) is 15.2. The van der Waals surface area contributed by atoms with Crippen molar-refractivity contribution in [1.29, 1.82) is 0 Å². The SMILES string of the molecule is CCOc1nc(N)nc(N(CC)Cc2cccc(C)n2)n1. The molecule has 2 heterocycles. The Balaban J connectivity index is 2.24. The third-order valence-electron chi connectivity index (χ3n) is 2.86. The molecule has 0 aliphatic heterocycles. The molecule has 0 fully saturated rings. The van der Waals surface area contributed by atoms with Gasteiger partial charge in [-0.3, -0.25) is 4.98 Å². The average Bonchev–Trinajstić information content (AvgIpc) is 2.44. The highest BCUT2D eigenvalue weighted by Gasteiger charge is 2.13. The lowest BCUT2D eigenvalue weighted by Gasteiger charge is -2.20. The second kappa shape index (κ2) is 6.83. The Labute approximate surface area is 124 Å². The van der Waals surface area contributed by atoms with Gasteiger partial charge in [-0.1, -0.05) is 6.07 Å². The van der Waals surface area contributed by atoms with Crippen molar-refractivity contribution in [1.82, 2.24) is 19.9 Å². The van der Waals surface area contributed by atoms with E-state index in [0.717, 1.165) is 17.9 Å². The highest BCUT2D eigenvalue weighted by atomic mass is 16.5. The van der Waals surface area contributed by atoms with Crippen LogP contribution in [0.5, 0.6) is 6.01 Å². The predicted molar refractivity (Wildman–Crippen MR) is 81.1 cm³/mol. The summed E-state index contributed by atoms with van der Waals surface area (Å²) in [7, 11) is 0. The van der Waals surface area contributed by atoms with Crippen LogP contribution in [0.3, 0.4) is 0 Å². The third-order valence-corrected chi connectivity index (χ3v) is 2.86. The molecule has 7 heteroatoms. The van der Waals surface area contributed by atoms with Crippen LogP contribution < -0.4 is 15.4 Å². The van der Waals surface area contributed by atoms with Crippen LogP contribution in [-0.4, -0.2) is 33.1 Å². The number of rotatable bonds is 6. The first-order valence-corrected chi connectivity index (χ1v) is 6.94. The fourth-order valence-electron chi connectivity index (χ4n) is 1.90. The van der Waals surface area contributed by atoms with E-state index in [2.05, 4.69) is 19.9 Å². The highest BCUT2D eigenvalue weighted by Crippen LogP contribution is 2.15. The van der Waals surface area contributed by atoms with Crippen LogP contribution in [0.4, 0.5) is 11.9 Å². The van der Waals surface area contributed by atoms with E-state index in [-0.39, 0.29) is 12.0 Å². The van der Waals surface area contributed by atoms with E-state index >= 15 is 0 Å². The van der Waals surface area contributed by atoms with E-state index < -0.39 is 0 Å². The van der Waals surface area contributed by atoms with Gasteiger partial charge in [0.2, 0.25) is 11.9 Å². The number of nitrogen functional groups attached to an aromatic ring is 1. The number of aromatic nitrogens is 4. The Morgan fingerprint density at radius 3 is 2.62 bits per heavy atom. The molecule has 0 saturated heterocycles. The minimum Gasteiger partial charge on any atom is -0.464 e. The standard InChI is InChI=1S/C14H20N6O/c1-4-20(9-11-8-6-7-10(3)16-11)13-17-12(15)18-14(19-13)21-5-2/h6-8H,4-5,9H2,1-3H3,(H2,15,17,18,19). The lowest BCUT2D eigenvalue weighted by Crippen LogP contribution is -2.25. The van der Waals surface area contributed by atoms with Gasteiger partial charge < -0.3 is 15.4 Å². The number of anilines is 2. The van der Waals surface area contributed by atoms with Crippen LogP contribution in [0.15, 0.2) is 18.2 Å². The third kappa shape index (κ3) is 4.01. The van der Waals surface area contributed by atoms with E-state index in [9.17, 15) is 0 Å². The largest absolute Gasteiger partial charge is 0.464 e. The van der Waals surface area contributed by atoms with E-state index in [1.54, 1.807) is 0 Å². The number of pyridine rings is 1. The molecule has 0 unspecified atom stereocenters. The zero-order valence-electron chi connectivity index (χ0n) is 12.6. The molecule has 0 atom stereocenters. The molecule has 0 bridgehead atoms. The molecule has 0 amide bonds. The molecule has 0 saturated carbocycles. The van der Waals surface area contributed by atoms with Gasteiger partial charge in [0.1, 0.15) is 0 Å². The number of nitrogens with two attached hydrogens (primary N) is 1. The van der Waals surface area contributed by atoms with Crippen molar-refractivity contribution in [3.63, 3.8) is 0 Å². The minimum absolute atomic E-state index is 0.152. The van der Waals surface area contributed by atoms with E-state index in [1.807, 2.05) is 43.9 Å². The van der Waals surface area contributed by atoms with Gasteiger partial charge in [0.25, 0.3) is 0 Å². The van der Waals surface area contributed by atoms with Gasteiger partial charge in [-0.05, 0) is 32.9 Å². The maximum absolute atomic E-state index is 5.72. The maximum atomic E-state index is 5.72. The first-order valence-electron chi connectivity index (χ1n) is 6.94. The Hall–Kier alpha value is -2.44. The van der Waals surface area contributed by atoms with Crippen molar-refractivity contribution in [3.8, 4) is 6.01 Å². The summed E-state index contributed by atoms with van der Waals surface area (Å²) in [5.41, 5.74) is 7.65. The zero-order valence-corrected chi connectivity index (χ0v) is 12.6. The first-order chi connectivity index (χ1) is 10.1. The van der Waals surface area contributed by atoms with Crippen LogP contribution in [0.2, 0.25) is 0 Å². The Morgan fingerprint density at radius 2 is 1.95 bits per heavy atom. The summed E-state index contributed by atoms with van der Waals surface area (Å²) in [6, 6.07) is 6.17. The van der Waals surface area contributed by atoms with Crippen LogP contribution in [-0.2, 0) is 6.54 Å². The summed E-state index contributed by atoms with van der Waals surface area (Å²) < 4.78 is 5.31. The Bertz CT molecular complexity index is 604. The average molecular weight is 288 g/mol. The predicted octanol–water partition coefficient (Wildman–Crippen LogP) is 1.58. The van der Waals surface area contributed by atoms with Crippen molar-refractivity contribution < 1.29 is 4.74 Å². The number of aryl methyl sites for hydroxylation is 1. The lowest BCUT2D eigenvalue weighted by molar-refractivity contribution is 0.312. The van der Waals surface area contributed by atoms with Crippen molar-refractivity contribution in [2.75, 3.05) is 23.8 Å². The van der Waals surface area contributed by atoms with Crippen LogP contribution in [0.1, 0.15) is 25.2 Å². The number of hydrogen-bond acceptors (Lipinski definition) is 7. The van der Waals surface area contributed by atoms with Gasteiger partial charge in [0.05, 0.1) is 18.8 Å². The smallest absolute Gasteiger partial charge is 0.323 e. The summed E-state index contributed by atoms with van der Waals surface area (Å²) in [5, 5.41) is 0.